The monoisotopic (exact) mass is 501 g/mol. The highest BCUT2D eigenvalue weighted by Crippen LogP contribution is 2.67. The topological polar surface area (TPSA) is 68.5 Å². The normalized spacial score (nSPS) is 17.8. The number of ether oxygens (including phenoxy) is 1. The molecule has 1 aromatic carbocycles. The van der Waals surface area contributed by atoms with Crippen LogP contribution in [0.25, 0.3) is 0 Å². The van der Waals surface area contributed by atoms with E-state index < -0.39 is 41.2 Å². The molecule has 1 aromatic heterocycles. The van der Waals surface area contributed by atoms with Gasteiger partial charge in [0.1, 0.15) is 0 Å². The third kappa shape index (κ3) is 5.15. The van der Waals surface area contributed by atoms with E-state index in [4.69, 9.17) is 22.1 Å². The molecule has 1 aliphatic carbocycles. The van der Waals surface area contributed by atoms with Crippen LogP contribution in [-0.4, -0.2) is 49.2 Å². The van der Waals surface area contributed by atoms with E-state index in [1.165, 1.54) is 25.6 Å². The summed E-state index contributed by atoms with van der Waals surface area (Å²) in [5.41, 5.74) is 4.48. The minimum atomic E-state index is -4.50. The van der Waals surface area contributed by atoms with Crippen molar-refractivity contribution < 1.29 is 27.1 Å². The van der Waals surface area contributed by atoms with E-state index in [2.05, 4.69) is 4.98 Å². The largest absolute Gasteiger partial charge is 0.494 e. The second-order valence-corrected chi connectivity index (χ2v) is 9.42. The van der Waals surface area contributed by atoms with Gasteiger partial charge in [0, 0.05) is 30.3 Å². The molecule has 0 radical (unpaired) electrons. The van der Waals surface area contributed by atoms with Crippen LogP contribution in [0.4, 0.5) is 17.6 Å². The molecule has 34 heavy (non-hydrogen) atoms. The molecule has 10 heteroatoms. The molecular weight excluding hydrogens is 474 g/mol. The van der Waals surface area contributed by atoms with Gasteiger partial charge in [-0.25, -0.2) is 4.39 Å². The van der Waals surface area contributed by atoms with Crippen LogP contribution in [-0.2, 0) is 11.2 Å². The molecule has 2 N–H and O–H groups in total. The van der Waals surface area contributed by atoms with Crippen molar-refractivity contribution in [3.05, 3.63) is 58.6 Å². The summed E-state index contributed by atoms with van der Waals surface area (Å²) in [6.07, 6.45) is -1.59. The van der Waals surface area contributed by atoms with Crippen LogP contribution < -0.4 is 10.5 Å². The van der Waals surface area contributed by atoms with Gasteiger partial charge in [-0.1, -0.05) is 23.7 Å². The van der Waals surface area contributed by atoms with E-state index in [0.717, 1.165) is 0 Å². The first-order chi connectivity index (χ1) is 15.9. The van der Waals surface area contributed by atoms with Crippen LogP contribution >= 0.6 is 11.6 Å². The van der Waals surface area contributed by atoms with Crippen LogP contribution in [0.2, 0.25) is 5.02 Å². The van der Waals surface area contributed by atoms with Crippen molar-refractivity contribution in [1.82, 2.24) is 9.88 Å². The summed E-state index contributed by atoms with van der Waals surface area (Å²) in [7, 11) is 4.81. The van der Waals surface area contributed by atoms with Crippen LogP contribution in [0.1, 0.15) is 36.3 Å². The number of halogens is 5. The van der Waals surface area contributed by atoms with Gasteiger partial charge < -0.3 is 15.4 Å². The SMILES string of the molecule is COc1ccc(C[C@H](CC(C(N)=O)C(c2cccnc2)C2(C(F)(F)F)CC2)N(C)C)c(Cl)c1F. The Morgan fingerprint density at radius 2 is 1.97 bits per heavy atom. The Hall–Kier alpha value is -2.39. The summed E-state index contributed by atoms with van der Waals surface area (Å²) in [5, 5.41) is -0.125. The van der Waals surface area contributed by atoms with E-state index in [1.54, 1.807) is 37.2 Å². The van der Waals surface area contributed by atoms with Crippen LogP contribution in [0.15, 0.2) is 36.7 Å². The highest BCUT2D eigenvalue weighted by Gasteiger charge is 2.69. The minimum absolute atomic E-state index is 0.0114. The van der Waals surface area contributed by atoms with Crippen molar-refractivity contribution in [3.8, 4) is 5.75 Å². The summed E-state index contributed by atoms with van der Waals surface area (Å²) in [6.45, 7) is 0. The lowest BCUT2D eigenvalue weighted by molar-refractivity contribution is -0.198. The molecule has 1 amide bonds. The van der Waals surface area contributed by atoms with Crippen molar-refractivity contribution in [2.24, 2.45) is 17.1 Å². The standard InChI is InChI=1S/C24H28ClF4N3O2/c1-32(2)16(11-14-6-7-18(34-3)21(26)20(14)25)12-17(22(30)33)19(15-5-4-10-31-13-15)23(8-9-23)24(27,28)29/h4-7,10,13,16-17,19H,8-9,11-12H2,1-3H3,(H2,30,33)/t16-,17?,19?/m1/s1. The number of methoxy groups -OCH3 is 1. The number of hydrogen-bond donors (Lipinski definition) is 1. The smallest absolute Gasteiger partial charge is 0.395 e. The lowest BCUT2D eigenvalue weighted by atomic mass is 9.71. The quantitative estimate of drug-likeness (QED) is 0.467. The minimum Gasteiger partial charge on any atom is -0.494 e. The Bertz CT molecular complexity index is 1010. The molecule has 2 aromatic rings. The maximum Gasteiger partial charge on any atom is 0.395 e. The lowest BCUT2D eigenvalue weighted by Gasteiger charge is -2.37. The molecule has 0 aliphatic heterocycles. The van der Waals surface area contributed by atoms with Gasteiger partial charge in [0.15, 0.2) is 11.6 Å². The second-order valence-electron chi connectivity index (χ2n) is 9.04. The fourth-order valence-electron chi connectivity index (χ4n) is 4.73. The Morgan fingerprint density at radius 3 is 2.44 bits per heavy atom. The molecule has 186 valence electrons. The van der Waals surface area contributed by atoms with Gasteiger partial charge in [-0.2, -0.15) is 13.2 Å². The molecule has 1 saturated carbocycles. The average molecular weight is 502 g/mol. The second kappa shape index (κ2) is 10.1. The maximum absolute atomic E-state index is 14.5. The molecule has 1 aliphatic rings. The zero-order valence-corrected chi connectivity index (χ0v) is 20.0. The number of primary amides is 1. The zero-order chi connectivity index (χ0) is 25.3. The number of hydrogen-bond acceptors (Lipinski definition) is 4. The summed E-state index contributed by atoms with van der Waals surface area (Å²) in [4.78, 5) is 18.4. The molecular formula is C24H28ClF4N3O2. The van der Waals surface area contributed by atoms with Crippen molar-refractivity contribution in [3.63, 3.8) is 0 Å². The third-order valence-electron chi connectivity index (χ3n) is 6.82. The predicted molar refractivity (Wildman–Crippen MR) is 121 cm³/mol. The van der Waals surface area contributed by atoms with Gasteiger partial charge in [0.25, 0.3) is 0 Å². The Kier molecular flexibility index (Phi) is 7.77. The highest BCUT2D eigenvalue weighted by atomic mass is 35.5. The zero-order valence-electron chi connectivity index (χ0n) is 19.2. The van der Waals surface area contributed by atoms with Crippen molar-refractivity contribution >= 4 is 17.5 Å². The molecule has 1 heterocycles. The number of alkyl halides is 3. The van der Waals surface area contributed by atoms with Gasteiger partial charge in [0.2, 0.25) is 5.91 Å². The first-order valence-electron chi connectivity index (χ1n) is 10.9. The number of amides is 1. The Labute approximate surface area is 201 Å². The summed E-state index contributed by atoms with van der Waals surface area (Å²) >= 11 is 6.20. The molecule has 0 saturated heterocycles. The van der Waals surface area contributed by atoms with E-state index in [-0.39, 0.29) is 36.5 Å². The van der Waals surface area contributed by atoms with Gasteiger partial charge >= 0.3 is 6.18 Å². The summed E-state index contributed by atoms with van der Waals surface area (Å²) < 4.78 is 62.1. The lowest BCUT2D eigenvalue weighted by Crippen LogP contribution is -2.43. The van der Waals surface area contributed by atoms with Gasteiger partial charge in [-0.05, 0) is 63.0 Å². The predicted octanol–water partition coefficient (Wildman–Crippen LogP) is 4.97. The van der Waals surface area contributed by atoms with Crippen LogP contribution in [0, 0.1) is 17.2 Å². The van der Waals surface area contributed by atoms with E-state index in [0.29, 0.717) is 11.1 Å². The molecule has 3 atom stereocenters. The van der Waals surface area contributed by atoms with Crippen molar-refractivity contribution in [1.29, 1.82) is 0 Å². The molecule has 0 spiro atoms. The number of nitrogens with zero attached hydrogens (tertiary/aromatic N) is 2. The first-order valence-corrected chi connectivity index (χ1v) is 11.2. The number of carbonyl (C=O) groups is 1. The number of nitrogens with two attached hydrogens (primary N) is 1. The summed E-state index contributed by atoms with van der Waals surface area (Å²) in [5.74, 6) is -3.84. The number of likely N-dealkylation sites (N-methyl/N-ethyl adjacent to an activating group) is 1. The third-order valence-corrected chi connectivity index (χ3v) is 7.23. The molecule has 3 rings (SSSR count). The Morgan fingerprint density at radius 1 is 1.29 bits per heavy atom. The van der Waals surface area contributed by atoms with Crippen molar-refractivity contribution in [2.75, 3.05) is 21.2 Å². The first kappa shape index (κ1) is 26.2. The van der Waals surface area contributed by atoms with E-state index >= 15 is 0 Å². The fraction of sp³-hybridized carbons (Fsp3) is 0.500. The van der Waals surface area contributed by atoms with Crippen LogP contribution in [0.5, 0.6) is 5.75 Å². The number of aromatic nitrogens is 1. The Balaban J connectivity index is 1.99. The molecule has 1 fully saturated rings. The van der Waals surface area contributed by atoms with Gasteiger partial charge in [0.05, 0.1) is 17.5 Å². The molecule has 2 unspecified atom stereocenters. The highest BCUT2D eigenvalue weighted by molar-refractivity contribution is 6.31. The number of pyridine rings is 1. The van der Waals surface area contributed by atoms with Gasteiger partial charge in [-0.3, -0.25) is 9.78 Å². The summed E-state index contributed by atoms with van der Waals surface area (Å²) in [6, 6.07) is 5.72. The number of benzene rings is 1. The number of rotatable bonds is 10. The molecule has 0 bridgehead atoms. The van der Waals surface area contributed by atoms with Crippen molar-refractivity contribution in [2.45, 2.75) is 43.8 Å². The average Bonchev–Trinajstić information content (AvgIpc) is 3.58. The maximum atomic E-state index is 14.5. The van der Waals surface area contributed by atoms with E-state index in [1.807, 2.05) is 0 Å². The molecule has 5 nitrogen and oxygen atoms in total. The van der Waals surface area contributed by atoms with Gasteiger partial charge in [-0.15, -0.1) is 0 Å². The number of carbonyl (C=O) groups excluding carboxylic acids is 1. The van der Waals surface area contributed by atoms with Crippen LogP contribution in [0.3, 0.4) is 0 Å². The van der Waals surface area contributed by atoms with E-state index in [9.17, 15) is 22.4 Å². The fourth-order valence-corrected chi connectivity index (χ4v) is 4.96.